The van der Waals surface area contributed by atoms with E-state index in [1.54, 1.807) is 17.1 Å². The number of hydrogen-bond acceptors (Lipinski definition) is 5. The van der Waals surface area contributed by atoms with E-state index in [9.17, 15) is 9.90 Å². The number of fused-ring (bicyclic) bond motifs is 2. The predicted molar refractivity (Wildman–Crippen MR) is 85.3 cm³/mol. The zero-order valence-electron chi connectivity index (χ0n) is 11.8. The van der Waals surface area contributed by atoms with E-state index in [0.717, 1.165) is 0 Å². The number of carbonyl (C=O) groups is 1. The second kappa shape index (κ2) is 6.23. The van der Waals surface area contributed by atoms with Gasteiger partial charge >= 0.3 is 5.97 Å². The number of carbonyl (C=O) groups excluding carboxylic acids is 1. The first kappa shape index (κ1) is 16.4. The van der Waals surface area contributed by atoms with Crippen LogP contribution in [0.4, 0.5) is 0 Å². The number of hydrogen-bond donors (Lipinski definition) is 1. The summed E-state index contributed by atoms with van der Waals surface area (Å²) in [5.74, 6) is -2.00. The molecule has 120 valence electrons. The zero-order chi connectivity index (χ0) is 15.9. The fourth-order valence-corrected chi connectivity index (χ4v) is 4.32. The van der Waals surface area contributed by atoms with Gasteiger partial charge in [-0.3, -0.25) is 0 Å². The lowest BCUT2D eigenvalue weighted by Gasteiger charge is -2.52. The van der Waals surface area contributed by atoms with Crippen molar-refractivity contribution in [1.82, 2.24) is 0 Å². The summed E-state index contributed by atoms with van der Waals surface area (Å²) in [6, 6.07) is 0. The molecular weight excluding hydrogens is 420 g/mol. The number of aliphatic hydroxyl groups is 1. The Bertz CT molecular complexity index is 556. The third kappa shape index (κ3) is 2.75. The third-order valence-corrected chi connectivity index (χ3v) is 6.03. The van der Waals surface area contributed by atoms with E-state index in [1.165, 1.54) is 6.08 Å². The van der Waals surface area contributed by atoms with Crippen molar-refractivity contribution in [1.29, 1.82) is 0 Å². The molecule has 1 N–H and O–H groups in total. The summed E-state index contributed by atoms with van der Waals surface area (Å²) < 4.78 is 17.1. The van der Waals surface area contributed by atoms with Crippen LogP contribution in [-0.2, 0) is 19.0 Å². The molecule has 0 radical (unpaired) electrons. The Morgan fingerprint density at radius 1 is 1.55 bits per heavy atom. The van der Waals surface area contributed by atoms with Crippen molar-refractivity contribution in [3.8, 4) is 0 Å². The van der Waals surface area contributed by atoms with E-state index in [1.807, 2.05) is 6.92 Å². The van der Waals surface area contributed by atoms with E-state index in [2.05, 4.69) is 37.6 Å². The number of aliphatic hydroxyl groups excluding tert-OH is 1. The molecule has 0 aromatic carbocycles. The quantitative estimate of drug-likeness (QED) is 0.389. The van der Waals surface area contributed by atoms with Gasteiger partial charge in [-0.2, -0.15) is 0 Å². The smallest absolute Gasteiger partial charge is 0.333 e. The second-order valence-electron chi connectivity index (χ2n) is 5.67. The number of rotatable bonds is 1. The molecule has 2 fully saturated rings. The molecule has 5 nitrogen and oxygen atoms in total. The van der Waals surface area contributed by atoms with Crippen molar-refractivity contribution in [3.63, 3.8) is 0 Å². The molecule has 0 amide bonds. The van der Waals surface area contributed by atoms with Crippen LogP contribution in [0, 0.1) is 11.8 Å². The molecule has 22 heavy (non-hydrogen) atoms. The monoisotopic (exact) mass is 434 g/mol. The topological polar surface area (TPSA) is 65.0 Å². The molecule has 7 heteroatoms. The lowest BCUT2D eigenvalue weighted by molar-refractivity contribution is -0.334. The van der Waals surface area contributed by atoms with E-state index in [4.69, 9.17) is 14.2 Å². The van der Waals surface area contributed by atoms with Crippen LogP contribution in [0.1, 0.15) is 13.3 Å². The van der Waals surface area contributed by atoms with Crippen LogP contribution < -0.4 is 0 Å². The molecule has 7 atom stereocenters. The standard InChI is InChI=1S/C15H16Br2O5/c1-8-14(17)9-7-12(19)22-15(5-4-11(18)21-15)13(9)10(20-8)3-2-6-16/h3-6,8-10,12-14,19H,7H2,1H3/t2?,8-,9+,10+,12+,13-,14-,15+/m0/s1. The predicted octanol–water partition coefficient (Wildman–Crippen LogP) is 2.38. The van der Waals surface area contributed by atoms with Crippen LogP contribution in [0.2, 0.25) is 0 Å². The first-order valence-electron chi connectivity index (χ1n) is 7.06. The third-order valence-electron chi connectivity index (χ3n) is 4.34. The molecule has 1 spiro atoms. The zero-order valence-corrected chi connectivity index (χ0v) is 15.0. The minimum absolute atomic E-state index is 0.0261. The van der Waals surface area contributed by atoms with Gasteiger partial charge in [-0.1, -0.05) is 31.9 Å². The molecule has 0 bridgehead atoms. The van der Waals surface area contributed by atoms with Gasteiger partial charge in [-0.05, 0) is 25.0 Å². The maximum atomic E-state index is 11.6. The van der Waals surface area contributed by atoms with Gasteiger partial charge in [0.05, 0.1) is 18.1 Å². The highest BCUT2D eigenvalue weighted by atomic mass is 79.9. The molecule has 0 aromatic rings. The summed E-state index contributed by atoms with van der Waals surface area (Å²) in [4.78, 5) is 13.2. The Morgan fingerprint density at radius 3 is 2.95 bits per heavy atom. The SMILES string of the molecule is C[C@@H]1O[C@H](C=C=CBr)[C@@H]2[C@@H](C[C@H](O)O[C@]23C=CC(=O)O3)[C@H]1Br. The van der Waals surface area contributed by atoms with Crippen LogP contribution in [0.3, 0.4) is 0 Å². The summed E-state index contributed by atoms with van der Waals surface area (Å²) >= 11 is 6.84. The van der Waals surface area contributed by atoms with Gasteiger partial charge in [-0.15, -0.1) is 5.73 Å². The number of ether oxygens (including phenoxy) is 3. The van der Waals surface area contributed by atoms with Gasteiger partial charge in [0.1, 0.15) is 0 Å². The molecular formula is C15H16Br2O5. The van der Waals surface area contributed by atoms with Gasteiger partial charge in [0.15, 0.2) is 6.29 Å². The maximum absolute atomic E-state index is 11.6. The minimum Gasteiger partial charge on any atom is -0.426 e. The summed E-state index contributed by atoms with van der Waals surface area (Å²) in [6.45, 7) is 1.97. The van der Waals surface area contributed by atoms with E-state index in [0.29, 0.717) is 6.42 Å². The van der Waals surface area contributed by atoms with Crippen molar-refractivity contribution in [2.24, 2.45) is 11.8 Å². The Balaban J connectivity index is 2.03. The first-order valence-corrected chi connectivity index (χ1v) is 8.89. The Morgan fingerprint density at radius 2 is 2.32 bits per heavy atom. The van der Waals surface area contributed by atoms with Crippen molar-refractivity contribution in [3.05, 3.63) is 28.9 Å². The summed E-state index contributed by atoms with van der Waals surface area (Å²) in [7, 11) is 0. The van der Waals surface area contributed by atoms with Gasteiger partial charge < -0.3 is 19.3 Å². The summed E-state index contributed by atoms with van der Waals surface area (Å²) in [6.07, 6.45) is 3.76. The van der Waals surface area contributed by atoms with Gasteiger partial charge in [-0.25, -0.2) is 4.79 Å². The van der Waals surface area contributed by atoms with Crippen molar-refractivity contribution in [2.75, 3.05) is 0 Å². The molecule has 2 saturated heterocycles. The van der Waals surface area contributed by atoms with Crippen molar-refractivity contribution >= 4 is 37.8 Å². The Labute approximate surface area is 145 Å². The van der Waals surface area contributed by atoms with E-state index in [-0.39, 0.29) is 28.9 Å². The average molecular weight is 436 g/mol. The van der Waals surface area contributed by atoms with Crippen LogP contribution in [0.15, 0.2) is 28.9 Å². The highest BCUT2D eigenvalue weighted by Crippen LogP contribution is 2.50. The molecule has 0 aliphatic carbocycles. The van der Waals surface area contributed by atoms with Crippen molar-refractivity contribution < 1.29 is 24.1 Å². The molecule has 3 aliphatic heterocycles. The Kier molecular flexibility index (Phi) is 4.65. The number of halogens is 2. The normalized spacial score (nSPS) is 46.8. The highest BCUT2D eigenvalue weighted by molar-refractivity contribution is 9.11. The highest BCUT2D eigenvalue weighted by Gasteiger charge is 2.60. The fraction of sp³-hybridized carbons (Fsp3) is 0.600. The van der Waals surface area contributed by atoms with Crippen LogP contribution in [0.25, 0.3) is 0 Å². The number of alkyl halides is 1. The van der Waals surface area contributed by atoms with E-state index < -0.39 is 18.0 Å². The van der Waals surface area contributed by atoms with Crippen molar-refractivity contribution in [2.45, 2.75) is 42.5 Å². The lowest BCUT2D eigenvalue weighted by Crippen LogP contribution is -2.62. The minimum atomic E-state index is -1.29. The second-order valence-corrected chi connectivity index (χ2v) is 7.18. The molecule has 0 saturated carbocycles. The molecule has 3 aliphatic rings. The average Bonchev–Trinajstić information content (AvgIpc) is 2.82. The molecule has 3 heterocycles. The van der Waals surface area contributed by atoms with Gasteiger partial charge in [0.2, 0.25) is 5.79 Å². The van der Waals surface area contributed by atoms with Crippen LogP contribution >= 0.6 is 31.9 Å². The first-order chi connectivity index (χ1) is 10.5. The Hall–Kier alpha value is -0.430. The molecule has 0 unspecified atom stereocenters. The largest absolute Gasteiger partial charge is 0.426 e. The summed E-state index contributed by atoms with van der Waals surface area (Å²) in [5.41, 5.74) is 2.96. The maximum Gasteiger partial charge on any atom is 0.333 e. The van der Waals surface area contributed by atoms with Crippen LogP contribution in [-0.4, -0.2) is 40.2 Å². The van der Waals surface area contributed by atoms with Gasteiger partial charge in [0.25, 0.3) is 0 Å². The summed E-state index contributed by atoms with van der Waals surface area (Å²) in [5, 5.41) is 10.1. The number of esters is 1. The van der Waals surface area contributed by atoms with Crippen LogP contribution in [0.5, 0.6) is 0 Å². The molecule has 0 aromatic heterocycles. The van der Waals surface area contributed by atoms with E-state index >= 15 is 0 Å². The lowest BCUT2D eigenvalue weighted by atomic mass is 9.72. The molecule has 3 rings (SSSR count). The fourth-order valence-electron chi connectivity index (χ4n) is 3.50. The van der Waals surface area contributed by atoms with Gasteiger partial charge in [0, 0.05) is 22.3 Å².